The van der Waals surface area contributed by atoms with Gasteiger partial charge in [0.1, 0.15) is 5.82 Å². The number of aromatic nitrogens is 2. The van der Waals surface area contributed by atoms with Gasteiger partial charge in [0.15, 0.2) is 0 Å². The largest absolute Gasteiger partial charge is 0.346 e. The molecule has 0 unspecified atom stereocenters. The number of carbonyl (C=O) groups is 1. The zero-order valence-electron chi connectivity index (χ0n) is 16.9. The SMILES string of the molecule is Cc1cccc(-n2c(-c3ccc(F)cc3)cc(C(=O)NCc3ccccn3)c2C)c1. The first-order chi connectivity index (χ1) is 14.5. The van der Waals surface area contributed by atoms with E-state index < -0.39 is 0 Å². The van der Waals surface area contributed by atoms with Gasteiger partial charge >= 0.3 is 0 Å². The van der Waals surface area contributed by atoms with Crippen molar-refractivity contribution in [2.24, 2.45) is 0 Å². The van der Waals surface area contributed by atoms with Gasteiger partial charge in [-0.2, -0.15) is 0 Å². The number of carbonyl (C=O) groups excluding carboxylic acids is 1. The van der Waals surface area contributed by atoms with E-state index in [9.17, 15) is 9.18 Å². The Morgan fingerprint density at radius 2 is 1.80 bits per heavy atom. The highest BCUT2D eigenvalue weighted by Gasteiger charge is 2.19. The molecule has 0 aliphatic heterocycles. The van der Waals surface area contributed by atoms with Crippen LogP contribution in [0, 0.1) is 19.7 Å². The highest BCUT2D eigenvalue weighted by molar-refractivity contribution is 5.97. The maximum absolute atomic E-state index is 13.5. The van der Waals surface area contributed by atoms with Gasteiger partial charge in [0, 0.05) is 17.6 Å². The van der Waals surface area contributed by atoms with Crippen molar-refractivity contribution in [1.82, 2.24) is 14.9 Å². The fraction of sp³-hybridized carbons (Fsp3) is 0.120. The van der Waals surface area contributed by atoms with E-state index in [1.165, 1.54) is 12.1 Å². The minimum Gasteiger partial charge on any atom is -0.346 e. The average molecular weight is 399 g/mol. The number of amides is 1. The number of hydrogen-bond acceptors (Lipinski definition) is 2. The molecule has 1 amide bonds. The van der Waals surface area contributed by atoms with Crippen LogP contribution in [0.2, 0.25) is 0 Å². The number of aryl methyl sites for hydroxylation is 1. The Hall–Kier alpha value is -3.73. The van der Waals surface area contributed by atoms with E-state index >= 15 is 0 Å². The summed E-state index contributed by atoms with van der Waals surface area (Å²) in [6, 6.07) is 21.9. The molecule has 0 saturated heterocycles. The summed E-state index contributed by atoms with van der Waals surface area (Å²) in [6.45, 7) is 4.30. The summed E-state index contributed by atoms with van der Waals surface area (Å²) >= 11 is 0. The topological polar surface area (TPSA) is 46.9 Å². The van der Waals surface area contributed by atoms with Crippen LogP contribution in [0.5, 0.6) is 0 Å². The molecule has 4 aromatic rings. The average Bonchev–Trinajstić information content (AvgIpc) is 3.10. The van der Waals surface area contributed by atoms with E-state index in [1.54, 1.807) is 18.3 Å². The van der Waals surface area contributed by atoms with Gasteiger partial charge in [0.05, 0.1) is 23.5 Å². The van der Waals surface area contributed by atoms with E-state index in [4.69, 9.17) is 0 Å². The van der Waals surface area contributed by atoms with Gasteiger partial charge in [-0.3, -0.25) is 9.78 Å². The Labute approximate surface area is 175 Å². The Morgan fingerprint density at radius 3 is 2.50 bits per heavy atom. The molecule has 0 fully saturated rings. The lowest BCUT2D eigenvalue weighted by Crippen LogP contribution is -2.23. The van der Waals surface area contributed by atoms with Crippen molar-refractivity contribution in [1.29, 1.82) is 0 Å². The van der Waals surface area contributed by atoms with E-state index in [-0.39, 0.29) is 11.7 Å². The molecule has 2 aromatic carbocycles. The Bertz CT molecular complexity index is 1180. The lowest BCUT2D eigenvalue weighted by atomic mass is 10.1. The van der Waals surface area contributed by atoms with Gasteiger partial charge in [-0.05, 0) is 79.6 Å². The van der Waals surface area contributed by atoms with Crippen LogP contribution in [-0.4, -0.2) is 15.5 Å². The standard InChI is InChI=1S/C25H22FN3O/c1-17-6-5-8-22(14-17)29-18(2)23(15-24(29)19-9-11-20(26)12-10-19)25(30)28-16-21-7-3-4-13-27-21/h3-15H,16H2,1-2H3,(H,28,30). The third-order valence-corrected chi connectivity index (χ3v) is 5.05. The van der Waals surface area contributed by atoms with E-state index in [0.29, 0.717) is 12.1 Å². The molecular weight excluding hydrogens is 377 g/mol. The van der Waals surface area contributed by atoms with Crippen LogP contribution in [0.4, 0.5) is 4.39 Å². The molecule has 2 aromatic heterocycles. The molecule has 0 atom stereocenters. The summed E-state index contributed by atoms with van der Waals surface area (Å²) in [5.74, 6) is -0.467. The van der Waals surface area contributed by atoms with E-state index in [0.717, 1.165) is 33.9 Å². The summed E-state index contributed by atoms with van der Waals surface area (Å²) in [6.07, 6.45) is 1.70. The predicted molar refractivity (Wildman–Crippen MR) is 116 cm³/mol. The second-order valence-corrected chi connectivity index (χ2v) is 7.21. The number of hydrogen-bond donors (Lipinski definition) is 1. The maximum atomic E-state index is 13.5. The van der Waals surface area contributed by atoms with Crippen molar-refractivity contribution in [2.45, 2.75) is 20.4 Å². The van der Waals surface area contributed by atoms with Crippen molar-refractivity contribution in [3.63, 3.8) is 0 Å². The molecule has 0 spiro atoms. The lowest BCUT2D eigenvalue weighted by molar-refractivity contribution is 0.0950. The van der Waals surface area contributed by atoms with Crippen molar-refractivity contribution in [3.8, 4) is 16.9 Å². The number of halogens is 1. The molecule has 4 nitrogen and oxygen atoms in total. The number of pyridine rings is 1. The Morgan fingerprint density at radius 1 is 1.00 bits per heavy atom. The van der Waals surface area contributed by atoms with Gasteiger partial charge < -0.3 is 9.88 Å². The van der Waals surface area contributed by atoms with Crippen LogP contribution in [0.1, 0.15) is 27.3 Å². The van der Waals surface area contributed by atoms with Gasteiger partial charge in [-0.15, -0.1) is 0 Å². The number of nitrogens with one attached hydrogen (secondary N) is 1. The number of rotatable bonds is 5. The summed E-state index contributed by atoms with van der Waals surface area (Å²) in [4.78, 5) is 17.2. The Balaban J connectivity index is 1.75. The van der Waals surface area contributed by atoms with Crippen LogP contribution in [0.3, 0.4) is 0 Å². The first-order valence-electron chi connectivity index (χ1n) is 9.76. The summed E-state index contributed by atoms with van der Waals surface area (Å²) < 4.78 is 15.5. The van der Waals surface area contributed by atoms with Crippen molar-refractivity contribution in [3.05, 3.63) is 107 Å². The molecule has 2 heterocycles. The minimum absolute atomic E-state index is 0.173. The predicted octanol–water partition coefficient (Wildman–Crippen LogP) is 5.23. The fourth-order valence-electron chi connectivity index (χ4n) is 3.54. The molecule has 0 radical (unpaired) electrons. The normalized spacial score (nSPS) is 10.8. The molecule has 4 rings (SSSR count). The lowest BCUT2D eigenvalue weighted by Gasteiger charge is -2.13. The fourth-order valence-corrected chi connectivity index (χ4v) is 3.54. The smallest absolute Gasteiger partial charge is 0.253 e. The quantitative estimate of drug-likeness (QED) is 0.500. The van der Waals surface area contributed by atoms with E-state index in [1.807, 2.05) is 60.9 Å². The number of nitrogens with zero attached hydrogens (tertiary/aromatic N) is 2. The first-order valence-corrected chi connectivity index (χ1v) is 9.76. The third kappa shape index (κ3) is 4.01. The molecular formula is C25H22FN3O. The minimum atomic E-state index is -0.294. The van der Waals surface area contributed by atoms with Crippen molar-refractivity contribution < 1.29 is 9.18 Å². The third-order valence-electron chi connectivity index (χ3n) is 5.05. The maximum Gasteiger partial charge on any atom is 0.253 e. The first kappa shape index (κ1) is 19.6. The van der Waals surface area contributed by atoms with Gasteiger partial charge in [0.25, 0.3) is 5.91 Å². The molecule has 0 bridgehead atoms. The second kappa shape index (κ2) is 8.33. The second-order valence-electron chi connectivity index (χ2n) is 7.21. The summed E-state index contributed by atoms with van der Waals surface area (Å²) in [5.41, 5.74) is 5.93. The zero-order chi connectivity index (χ0) is 21.1. The molecule has 0 aliphatic carbocycles. The van der Waals surface area contributed by atoms with Crippen LogP contribution >= 0.6 is 0 Å². The van der Waals surface area contributed by atoms with Crippen LogP contribution in [0.15, 0.2) is 79.0 Å². The molecule has 30 heavy (non-hydrogen) atoms. The van der Waals surface area contributed by atoms with Crippen LogP contribution in [0.25, 0.3) is 16.9 Å². The molecule has 0 saturated carbocycles. The molecule has 150 valence electrons. The highest BCUT2D eigenvalue weighted by atomic mass is 19.1. The molecule has 5 heteroatoms. The Kier molecular flexibility index (Phi) is 5.44. The monoisotopic (exact) mass is 399 g/mol. The zero-order valence-corrected chi connectivity index (χ0v) is 16.9. The van der Waals surface area contributed by atoms with Gasteiger partial charge in [0.2, 0.25) is 0 Å². The number of benzene rings is 2. The summed E-state index contributed by atoms with van der Waals surface area (Å²) in [5, 5.41) is 2.95. The van der Waals surface area contributed by atoms with Crippen LogP contribution < -0.4 is 5.32 Å². The van der Waals surface area contributed by atoms with Crippen molar-refractivity contribution >= 4 is 5.91 Å². The summed E-state index contributed by atoms with van der Waals surface area (Å²) in [7, 11) is 0. The van der Waals surface area contributed by atoms with Crippen molar-refractivity contribution in [2.75, 3.05) is 0 Å². The molecule has 0 aliphatic rings. The highest BCUT2D eigenvalue weighted by Crippen LogP contribution is 2.30. The van der Waals surface area contributed by atoms with Gasteiger partial charge in [-0.25, -0.2) is 4.39 Å². The van der Waals surface area contributed by atoms with Crippen LogP contribution in [-0.2, 0) is 6.54 Å². The molecule has 1 N–H and O–H groups in total. The van der Waals surface area contributed by atoms with Gasteiger partial charge in [-0.1, -0.05) is 18.2 Å². The van der Waals surface area contributed by atoms with E-state index in [2.05, 4.69) is 16.4 Å².